The van der Waals surface area contributed by atoms with Gasteiger partial charge in [-0.3, -0.25) is 10.1 Å². The lowest BCUT2D eigenvalue weighted by Gasteiger charge is -2.14. The van der Waals surface area contributed by atoms with Gasteiger partial charge in [0, 0.05) is 10.9 Å². The van der Waals surface area contributed by atoms with Crippen LogP contribution in [0.4, 0.5) is 5.13 Å². The zero-order valence-corrected chi connectivity index (χ0v) is 23.6. The lowest BCUT2D eigenvalue weighted by atomic mass is 10.1. The molecule has 3 aromatic carbocycles. The first-order valence-electron chi connectivity index (χ1n) is 12.7. The Bertz CT molecular complexity index is 1570. The molecule has 4 aromatic rings. The zero-order valence-electron chi connectivity index (χ0n) is 22.8. The first kappa shape index (κ1) is 28.9. The molecule has 1 amide bonds. The third-order valence-corrected chi connectivity index (χ3v) is 6.62. The molecule has 0 aliphatic rings. The summed E-state index contributed by atoms with van der Waals surface area (Å²) < 4.78 is 22.6. The highest BCUT2D eigenvalue weighted by atomic mass is 32.1. The summed E-state index contributed by atoms with van der Waals surface area (Å²) >= 11 is 1.29. The van der Waals surface area contributed by atoms with Gasteiger partial charge in [0.05, 0.1) is 19.9 Å². The van der Waals surface area contributed by atoms with Crippen molar-refractivity contribution < 1.29 is 23.7 Å². The lowest BCUT2D eigenvalue weighted by Crippen LogP contribution is -2.13. The highest BCUT2D eigenvalue weighted by Crippen LogP contribution is 2.31. The number of hydrogen-bond donors (Lipinski definition) is 1. The predicted molar refractivity (Wildman–Crippen MR) is 161 cm³/mol. The second-order valence-electron chi connectivity index (χ2n) is 8.61. The topological polar surface area (TPSA) is 103 Å². The van der Waals surface area contributed by atoms with Crippen molar-refractivity contribution in [2.75, 3.05) is 32.8 Å². The number of thiazole rings is 1. The van der Waals surface area contributed by atoms with Crippen LogP contribution in [0.5, 0.6) is 23.0 Å². The van der Waals surface area contributed by atoms with Crippen LogP contribution in [0, 0.1) is 11.3 Å². The quantitative estimate of drug-likeness (QED) is 0.0845. The molecule has 9 heteroatoms. The van der Waals surface area contributed by atoms with Gasteiger partial charge in [-0.15, -0.1) is 17.9 Å². The number of carbonyl (C=O) groups is 1. The normalized spacial score (nSPS) is 10.8. The Hall–Kier alpha value is -5.07. The van der Waals surface area contributed by atoms with Crippen LogP contribution in [-0.4, -0.2) is 38.3 Å². The zero-order chi connectivity index (χ0) is 29.0. The molecule has 0 fully saturated rings. The smallest absolute Gasteiger partial charge is 0.268 e. The molecule has 0 saturated carbocycles. The maximum absolute atomic E-state index is 12.8. The molecule has 0 radical (unpaired) electrons. The van der Waals surface area contributed by atoms with E-state index in [1.165, 1.54) is 24.5 Å². The van der Waals surface area contributed by atoms with Crippen molar-refractivity contribution in [2.45, 2.75) is 6.42 Å². The van der Waals surface area contributed by atoms with Crippen molar-refractivity contribution >= 4 is 28.5 Å². The number of nitriles is 1. The van der Waals surface area contributed by atoms with Crippen LogP contribution < -0.4 is 24.3 Å². The van der Waals surface area contributed by atoms with Gasteiger partial charge >= 0.3 is 0 Å². The molecule has 0 bridgehead atoms. The third kappa shape index (κ3) is 7.75. The highest BCUT2D eigenvalue weighted by Gasteiger charge is 2.14. The molecular weight excluding hydrogens is 538 g/mol. The largest absolute Gasteiger partial charge is 0.493 e. The van der Waals surface area contributed by atoms with Gasteiger partial charge < -0.3 is 18.9 Å². The van der Waals surface area contributed by atoms with E-state index in [0.717, 1.165) is 23.2 Å². The molecule has 1 heterocycles. The number of benzene rings is 3. The van der Waals surface area contributed by atoms with Gasteiger partial charge in [0.1, 0.15) is 24.9 Å². The number of nitrogens with zero attached hydrogens (tertiary/aromatic N) is 2. The molecule has 4 rings (SSSR count). The van der Waals surface area contributed by atoms with E-state index >= 15 is 0 Å². The Morgan fingerprint density at radius 2 is 1.66 bits per heavy atom. The van der Waals surface area contributed by atoms with Crippen LogP contribution in [0.1, 0.15) is 11.1 Å². The summed E-state index contributed by atoms with van der Waals surface area (Å²) in [6.07, 6.45) is 4.06. The Morgan fingerprint density at radius 3 is 2.32 bits per heavy atom. The maximum atomic E-state index is 12.8. The molecule has 1 N–H and O–H groups in total. The Labute approximate surface area is 243 Å². The second-order valence-corrected chi connectivity index (χ2v) is 9.47. The molecule has 41 heavy (non-hydrogen) atoms. The molecule has 0 aliphatic heterocycles. The van der Waals surface area contributed by atoms with E-state index in [0.29, 0.717) is 33.7 Å². The number of hydrogen-bond acceptors (Lipinski definition) is 8. The molecule has 0 aliphatic carbocycles. The number of carbonyl (C=O) groups excluding carboxylic acids is 1. The number of aromatic nitrogens is 1. The third-order valence-electron chi connectivity index (χ3n) is 5.86. The number of nitrogens with one attached hydrogen (secondary N) is 1. The van der Waals surface area contributed by atoms with Crippen molar-refractivity contribution in [2.24, 2.45) is 0 Å². The van der Waals surface area contributed by atoms with Crippen molar-refractivity contribution in [3.05, 3.63) is 101 Å². The lowest BCUT2D eigenvalue weighted by molar-refractivity contribution is -0.112. The van der Waals surface area contributed by atoms with Crippen LogP contribution in [0.2, 0.25) is 0 Å². The number of ether oxygens (including phenoxy) is 4. The number of allylic oxidation sites excluding steroid dienone is 1. The van der Waals surface area contributed by atoms with Crippen molar-refractivity contribution in [1.29, 1.82) is 5.26 Å². The van der Waals surface area contributed by atoms with Crippen molar-refractivity contribution in [3.63, 3.8) is 0 Å². The Kier molecular flexibility index (Phi) is 10.1. The second kappa shape index (κ2) is 14.4. The Morgan fingerprint density at radius 1 is 0.976 bits per heavy atom. The van der Waals surface area contributed by atoms with Crippen molar-refractivity contribution in [1.82, 2.24) is 4.98 Å². The number of methoxy groups -OCH3 is 2. The molecule has 0 atom stereocenters. The summed E-state index contributed by atoms with van der Waals surface area (Å²) in [7, 11) is 3.12. The molecular formula is C32H29N3O5S. The Balaban J connectivity index is 1.36. The first-order chi connectivity index (χ1) is 20.0. The van der Waals surface area contributed by atoms with E-state index in [1.54, 1.807) is 25.3 Å². The van der Waals surface area contributed by atoms with Crippen LogP contribution in [0.25, 0.3) is 17.3 Å². The summed E-state index contributed by atoms with van der Waals surface area (Å²) in [6, 6.07) is 22.5. The van der Waals surface area contributed by atoms with Crippen LogP contribution in [0.3, 0.4) is 0 Å². The highest BCUT2D eigenvalue weighted by molar-refractivity contribution is 7.14. The minimum atomic E-state index is -0.550. The molecule has 0 spiro atoms. The molecule has 208 valence electrons. The predicted octanol–water partition coefficient (Wildman–Crippen LogP) is 6.56. The van der Waals surface area contributed by atoms with Gasteiger partial charge in [-0.25, -0.2) is 4.98 Å². The fourth-order valence-electron chi connectivity index (χ4n) is 3.87. The van der Waals surface area contributed by atoms with Crippen LogP contribution in [0.15, 0.2) is 90.3 Å². The summed E-state index contributed by atoms with van der Waals surface area (Å²) in [6.45, 7) is 4.30. The van der Waals surface area contributed by atoms with Crippen molar-refractivity contribution in [3.8, 4) is 40.3 Å². The summed E-state index contributed by atoms with van der Waals surface area (Å²) in [5.41, 5.74) is 3.31. The van der Waals surface area contributed by atoms with E-state index in [9.17, 15) is 10.1 Å². The summed E-state index contributed by atoms with van der Waals surface area (Å²) in [4.78, 5) is 17.2. The minimum Gasteiger partial charge on any atom is -0.493 e. The SMILES string of the molecule is C=CCc1ccc(OCCOc2ccc(/C=C(/C#N)C(=O)Nc3nc(-c4ccccc4)cs3)cc2OC)c(OC)c1. The molecule has 0 saturated heterocycles. The van der Waals surface area contributed by atoms with Gasteiger partial charge in [0.15, 0.2) is 28.1 Å². The van der Waals surface area contributed by atoms with Gasteiger partial charge in [0.25, 0.3) is 5.91 Å². The monoisotopic (exact) mass is 567 g/mol. The van der Waals surface area contributed by atoms with Gasteiger partial charge in [0.2, 0.25) is 0 Å². The van der Waals surface area contributed by atoms with E-state index in [4.69, 9.17) is 18.9 Å². The van der Waals surface area contributed by atoms with E-state index < -0.39 is 5.91 Å². The first-order valence-corrected chi connectivity index (χ1v) is 13.6. The number of amides is 1. The average molecular weight is 568 g/mol. The van der Waals surface area contributed by atoms with E-state index in [1.807, 2.05) is 66.1 Å². The van der Waals surface area contributed by atoms with Gasteiger partial charge in [-0.05, 0) is 47.9 Å². The van der Waals surface area contributed by atoms with Gasteiger partial charge in [-0.1, -0.05) is 48.5 Å². The van der Waals surface area contributed by atoms with E-state index in [2.05, 4.69) is 16.9 Å². The fraction of sp³-hybridized carbons (Fsp3) is 0.156. The summed E-state index contributed by atoms with van der Waals surface area (Å²) in [5, 5.41) is 14.6. The maximum Gasteiger partial charge on any atom is 0.268 e. The molecule has 0 unspecified atom stereocenters. The van der Waals surface area contributed by atoms with Crippen LogP contribution >= 0.6 is 11.3 Å². The minimum absolute atomic E-state index is 0.0707. The van der Waals surface area contributed by atoms with E-state index in [-0.39, 0.29) is 18.8 Å². The van der Waals surface area contributed by atoms with Gasteiger partial charge in [-0.2, -0.15) is 5.26 Å². The average Bonchev–Trinajstić information content (AvgIpc) is 3.47. The number of rotatable bonds is 13. The van der Waals surface area contributed by atoms with Crippen LogP contribution in [-0.2, 0) is 11.2 Å². The molecule has 1 aromatic heterocycles. The molecule has 8 nitrogen and oxygen atoms in total. The summed E-state index contributed by atoms with van der Waals surface area (Å²) in [5.74, 6) is 1.66. The standard InChI is InChI=1S/C32H29N3O5S/c1-4-8-22-11-13-27(29(18-22)37-2)39-15-16-40-28-14-12-23(19-30(28)38-3)17-25(20-33)31(36)35-32-34-26(21-41-32)24-9-6-5-7-10-24/h4-7,9-14,17-19,21H,1,8,15-16H2,2-3H3,(H,34,35,36)/b25-17-. The fourth-order valence-corrected chi connectivity index (χ4v) is 4.59. The number of anilines is 1.